The highest BCUT2D eigenvalue weighted by atomic mass is 31.1. The maximum atomic E-state index is 7.44. The summed E-state index contributed by atoms with van der Waals surface area (Å²) in [5.41, 5.74) is 3.46. The standard InChI is InChI=1S/C60H69NO8P2Si4/c1-60(2)63-58-53(67-71-68-56-47(74(9,10)11)33-38-25-17-21-29-42(38)51(56)52-43-30-22-18-26-39(43)34-48(57(52)69-71)75(12,13)14)44(62-59(58)64-60)35-61-70-65-54-45(72(3,4)5)31-36-23-15-19-27-40(36)49(54)50-41-28-20-16-24-37(41)32-46(55(50)66-70)73(6,7)8/h15-34,44,53,58-59,61H,35H2,1-14H3/t44-,53+,58-,59-/m1/s1. The van der Waals surface area contributed by atoms with Gasteiger partial charge < -0.3 is 31.0 Å². The van der Waals surface area contributed by atoms with Crippen molar-refractivity contribution >= 4 is 156 Å². The molecule has 4 atom stereocenters. The minimum atomic E-state index is -2.12. The van der Waals surface area contributed by atoms with E-state index in [1.807, 2.05) is 13.8 Å². The Bertz CT molecular complexity index is 3820. The predicted molar refractivity (Wildman–Crippen MR) is 328 cm³/mol. The van der Waals surface area contributed by atoms with Crippen molar-refractivity contribution in [2.75, 3.05) is 11.6 Å². The topological polar surface area (TPSA) is 102 Å². The summed E-state index contributed by atoms with van der Waals surface area (Å²) in [6.45, 7) is 32.9. The van der Waals surface area contributed by atoms with Gasteiger partial charge >= 0.3 is 16.4 Å². The van der Waals surface area contributed by atoms with Gasteiger partial charge in [-0.25, -0.2) is 5.09 Å². The first kappa shape index (κ1) is 51.0. The van der Waals surface area contributed by atoms with E-state index in [4.69, 9.17) is 35.5 Å². The van der Waals surface area contributed by atoms with Crippen LogP contribution in [-0.2, 0) is 14.2 Å². The molecule has 10 aromatic rings. The van der Waals surface area contributed by atoms with Gasteiger partial charge in [-0.15, -0.1) is 0 Å². The maximum Gasteiger partial charge on any atom is 0.387 e. The fourth-order valence-corrected chi connectivity index (χ4v) is 20.1. The second-order valence-corrected chi connectivity index (χ2v) is 47.7. The highest BCUT2D eigenvalue weighted by Crippen LogP contribution is 2.46. The average Bonchev–Trinajstić information content (AvgIpc) is 3.71. The number of nitrogens with one attached hydrogen (secondary N) is 1. The van der Waals surface area contributed by atoms with E-state index < -0.39 is 79.1 Å². The third-order valence-corrected chi connectivity index (χ3v) is 25.3. The van der Waals surface area contributed by atoms with Crippen LogP contribution < -0.4 is 30.4 Å². The molecular formula is C60H69NO8P2Si4. The average molecular weight is 1110 g/mol. The molecule has 8 aromatic carbocycles. The summed E-state index contributed by atoms with van der Waals surface area (Å²) in [6.07, 6.45) is -2.52. The molecule has 75 heavy (non-hydrogen) atoms. The number of hydrogen-bond donors (Lipinski definition) is 1. The van der Waals surface area contributed by atoms with Crippen LogP contribution in [0, 0.1) is 0 Å². The van der Waals surface area contributed by atoms with E-state index in [2.05, 4.69) is 205 Å². The van der Waals surface area contributed by atoms with Gasteiger partial charge in [-0.2, -0.15) is 0 Å². The van der Waals surface area contributed by atoms with Crippen LogP contribution in [0.2, 0.25) is 78.6 Å². The van der Waals surface area contributed by atoms with Gasteiger partial charge in [-0.05, 0) is 77.7 Å². The SMILES string of the molecule is CC1(C)O[C@H]2O[C@H](CNp3oc4c([Si](C)(C)C)cc5ccccc5c4c4c(o3)c([Si](C)(C)C)cc3ccccc34)[C@H](Op3oc4c([Si](C)(C)C)cc5ccccc5c4c4c(o3)c([Si](C)(C)C)cc3ccccc34)[C@H]2O1. The van der Waals surface area contributed by atoms with Crippen LogP contribution in [0.25, 0.3) is 87.0 Å². The quantitative estimate of drug-likeness (QED) is 0.142. The Labute approximate surface area is 445 Å². The molecule has 0 amide bonds. The monoisotopic (exact) mass is 1110 g/mol. The molecule has 0 spiro atoms. The van der Waals surface area contributed by atoms with E-state index >= 15 is 0 Å². The van der Waals surface area contributed by atoms with Crippen molar-refractivity contribution in [2.24, 2.45) is 0 Å². The van der Waals surface area contributed by atoms with E-state index in [0.717, 1.165) is 65.4 Å². The number of rotatable bonds is 9. The molecule has 2 aromatic heterocycles. The normalized spacial score (nSPS) is 19.4. The Kier molecular flexibility index (Phi) is 12.4. The summed E-state index contributed by atoms with van der Waals surface area (Å²) in [4.78, 5) is 0. The van der Waals surface area contributed by atoms with E-state index in [9.17, 15) is 0 Å². The van der Waals surface area contributed by atoms with Crippen molar-refractivity contribution in [3.63, 3.8) is 0 Å². The van der Waals surface area contributed by atoms with Crippen molar-refractivity contribution in [2.45, 2.75) is 123 Å². The summed E-state index contributed by atoms with van der Waals surface area (Å²) >= 11 is 0. The van der Waals surface area contributed by atoms with Gasteiger partial charge in [-0.3, -0.25) is 4.52 Å². The summed E-state index contributed by atoms with van der Waals surface area (Å²) in [5.74, 6) is -0.905. The van der Waals surface area contributed by atoms with Gasteiger partial charge in [0.1, 0.15) is 40.6 Å². The summed E-state index contributed by atoms with van der Waals surface area (Å²) in [7, 11) is -12.2. The zero-order valence-electron chi connectivity index (χ0n) is 45.7. The van der Waals surface area contributed by atoms with Gasteiger partial charge in [0.05, 0.1) is 32.3 Å². The maximum absolute atomic E-state index is 7.44. The van der Waals surface area contributed by atoms with Crippen molar-refractivity contribution < 1.29 is 35.5 Å². The number of benzene rings is 8. The lowest BCUT2D eigenvalue weighted by Gasteiger charge is -2.25. The second-order valence-electron chi connectivity index (χ2n) is 25.3. The number of hydrogen-bond acceptors (Lipinski definition) is 9. The first-order valence-corrected chi connectivity index (χ1v) is 42.7. The van der Waals surface area contributed by atoms with Crippen LogP contribution in [0.3, 0.4) is 0 Å². The Morgan fingerprint density at radius 3 is 1.15 bits per heavy atom. The van der Waals surface area contributed by atoms with E-state index in [1.165, 1.54) is 42.3 Å². The van der Waals surface area contributed by atoms with Crippen molar-refractivity contribution in [1.29, 1.82) is 0 Å². The number of ether oxygens (including phenoxy) is 3. The predicted octanol–water partition coefficient (Wildman–Crippen LogP) is 15.6. The Hall–Kier alpha value is -4.73. The third-order valence-electron chi connectivity index (χ3n) is 15.1. The van der Waals surface area contributed by atoms with Crippen LogP contribution in [0.4, 0.5) is 0 Å². The van der Waals surface area contributed by atoms with E-state index in [0.29, 0.717) is 6.54 Å². The van der Waals surface area contributed by atoms with E-state index in [-0.39, 0.29) is 0 Å². The Morgan fingerprint density at radius 2 is 0.800 bits per heavy atom. The minimum absolute atomic E-state index is 0.304. The van der Waals surface area contributed by atoms with Gasteiger partial charge in [0.15, 0.2) is 12.1 Å². The van der Waals surface area contributed by atoms with Gasteiger partial charge in [0.2, 0.25) is 0 Å². The molecule has 0 saturated carbocycles. The molecule has 2 aliphatic rings. The second kappa shape index (κ2) is 18.2. The molecule has 2 saturated heterocycles. The zero-order chi connectivity index (χ0) is 52.7. The molecule has 0 unspecified atom stereocenters. The largest absolute Gasteiger partial charge is 0.408 e. The zero-order valence-corrected chi connectivity index (χ0v) is 51.5. The third kappa shape index (κ3) is 9.03. The lowest BCUT2D eigenvalue weighted by molar-refractivity contribution is -0.210. The molecule has 2 aliphatic heterocycles. The Morgan fingerprint density at radius 1 is 0.467 bits per heavy atom. The molecule has 9 nitrogen and oxygen atoms in total. The van der Waals surface area contributed by atoms with Crippen molar-refractivity contribution in [3.8, 4) is 0 Å². The highest BCUT2D eigenvalue weighted by Gasteiger charge is 2.56. The first-order valence-electron chi connectivity index (χ1n) is 26.4. The molecular weight excluding hydrogens is 1040 g/mol. The van der Waals surface area contributed by atoms with Crippen molar-refractivity contribution in [3.05, 3.63) is 121 Å². The fourth-order valence-electron chi connectivity index (χ4n) is 11.5. The van der Waals surface area contributed by atoms with Gasteiger partial charge in [-0.1, -0.05) is 200 Å². The minimum Gasteiger partial charge on any atom is -0.408 e. The molecule has 2 fully saturated rings. The van der Waals surface area contributed by atoms with Crippen LogP contribution in [0.15, 0.2) is 138 Å². The molecule has 1 N–H and O–H groups in total. The summed E-state index contributed by atoms with van der Waals surface area (Å²) < 4.78 is 57.4. The molecule has 0 bridgehead atoms. The first-order chi connectivity index (χ1) is 35.4. The molecule has 0 aliphatic carbocycles. The lowest BCUT2D eigenvalue weighted by atomic mass is 9.98. The van der Waals surface area contributed by atoms with E-state index in [1.54, 1.807) is 0 Å². The molecule has 4 heterocycles. The lowest BCUT2D eigenvalue weighted by Crippen LogP contribution is -2.41. The van der Waals surface area contributed by atoms with Gasteiger partial charge in [0.25, 0.3) is 0 Å². The molecule has 388 valence electrons. The van der Waals surface area contributed by atoms with Gasteiger partial charge in [0, 0.05) is 28.1 Å². The fraction of sp³-hybridized carbons (Fsp3) is 0.333. The molecule has 0 radical (unpaired) electrons. The smallest absolute Gasteiger partial charge is 0.387 e. The molecule has 15 heteroatoms. The highest BCUT2D eigenvalue weighted by molar-refractivity contribution is 7.38. The van der Waals surface area contributed by atoms with Crippen LogP contribution >= 0.6 is 16.4 Å². The summed E-state index contributed by atoms with van der Waals surface area (Å²) in [6, 6.07) is 44.3. The van der Waals surface area contributed by atoms with Crippen LogP contribution in [-0.4, -0.2) is 69.2 Å². The summed E-state index contributed by atoms with van der Waals surface area (Å²) in [5, 5.41) is 22.4. The van der Waals surface area contributed by atoms with Crippen molar-refractivity contribution in [1.82, 2.24) is 0 Å². The number of fused-ring (bicyclic) bond motifs is 15. The van der Waals surface area contributed by atoms with Crippen LogP contribution in [0.5, 0.6) is 0 Å². The Balaban J connectivity index is 1.08. The molecule has 12 rings (SSSR count). The van der Waals surface area contributed by atoms with Crippen LogP contribution in [0.1, 0.15) is 13.8 Å².